The van der Waals surface area contributed by atoms with E-state index in [1.165, 1.54) is 56.7 Å². The molecule has 1 nitrogen and oxygen atoms in total. The second-order valence-corrected chi connectivity index (χ2v) is 5.11. The van der Waals surface area contributed by atoms with Crippen LogP contribution in [0.25, 0.3) is 0 Å². The van der Waals surface area contributed by atoms with Gasteiger partial charge in [-0.2, -0.15) is 0 Å². The molecule has 1 fully saturated rings. The molecule has 0 aromatic heterocycles. The topological polar surface area (TPSA) is 26.0 Å². The van der Waals surface area contributed by atoms with Crippen molar-refractivity contribution in [3.05, 3.63) is 0 Å². The summed E-state index contributed by atoms with van der Waals surface area (Å²) in [6, 6.07) is 0.513. The van der Waals surface area contributed by atoms with Gasteiger partial charge >= 0.3 is 0 Å². The summed E-state index contributed by atoms with van der Waals surface area (Å²) >= 11 is 3.47. The molecule has 2 N–H and O–H groups in total. The first-order valence-electron chi connectivity index (χ1n) is 5.64. The minimum absolute atomic E-state index is 0.513. The summed E-state index contributed by atoms with van der Waals surface area (Å²) in [4.78, 5) is 0. The van der Waals surface area contributed by atoms with Gasteiger partial charge in [0, 0.05) is 11.4 Å². The van der Waals surface area contributed by atoms with Gasteiger partial charge in [0.1, 0.15) is 0 Å². The third kappa shape index (κ3) is 5.02. The molecule has 0 unspecified atom stereocenters. The van der Waals surface area contributed by atoms with Crippen molar-refractivity contribution >= 4 is 15.9 Å². The van der Waals surface area contributed by atoms with Crippen LogP contribution in [-0.2, 0) is 0 Å². The van der Waals surface area contributed by atoms with Crippen LogP contribution in [0.3, 0.4) is 0 Å². The molecule has 0 heterocycles. The molecular weight excluding hydrogens is 226 g/mol. The molecule has 13 heavy (non-hydrogen) atoms. The molecule has 2 heteroatoms. The lowest BCUT2D eigenvalue weighted by Crippen LogP contribution is -2.26. The second-order valence-electron chi connectivity index (χ2n) is 4.32. The molecule has 0 saturated heterocycles. The van der Waals surface area contributed by atoms with E-state index >= 15 is 0 Å². The zero-order valence-electron chi connectivity index (χ0n) is 8.47. The van der Waals surface area contributed by atoms with Gasteiger partial charge in [0.2, 0.25) is 0 Å². The van der Waals surface area contributed by atoms with Crippen molar-refractivity contribution in [3.63, 3.8) is 0 Å². The van der Waals surface area contributed by atoms with Gasteiger partial charge in [-0.25, -0.2) is 0 Å². The molecule has 0 aliphatic heterocycles. The van der Waals surface area contributed by atoms with Gasteiger partial charge in [-0.15, -0.1) is 0 Å². The van der Waals surface area contributed by atoms with Crippen molar-refractivity contribution in [2.75, 3.05) is 5.33 Å². The highest BCUT2D eigenvalue weighted by Crippen LogP contribution is 2.27. The summed E-state index contributed by atoms with van der Waals surface area (Å²) < 4.78 is 0. The van der Waals surface area contributed by atoms with Crippen molar-refractivity contribution in [2.24, 2.45) is 11.7 Å². The predicted molar refractivity (Wildman–Crippen MR) is 62.2 cm³/mol. The van der Waals surface area contributed by atoms with Gasteiger partial charge < -0.3 is 5.73 Å². The smallest absolute Gasteiger partial charge is 0.00390 e. The minimum Gasteiger partial charge on any atom is -0.328 e. The predicted octanol–water partition coefficient (Wildman–Crippen LogP) is 3.46. The first-order valence-corrected chi connectivity index (χ1v) is 6.76. The molecule has 0 atom stereocenters. The second kappa shape index (κ2) is 6.83. The summed E-state index contributed by atoms with van der Waals surface area (Å²) in [7, 11) is 0. The first-order chi connectivity index (χ1) is 6.33. The molecule has 1 aliphatic rings. The van der Waals surface area contributed by atoms with Gasteiger partial charge in [0.15, 0.2) is 0 Å². The van der Waals surface area contributed by atoms with Crippen molar-refractivity contribution in [3.8, 4) is 0 Å². The van der Waals surface area contributed by atoms with Crippen LogP contribution in [-0.4, -0.2) is 11.4 Å². The SMILES string of the molecule is NC1CCC(CCCCCBr)CC1. The van der Waals surface area contributed by atoms with Crippen molar-refractivity contribution < 1.29 is 0 Å². The van der Waals surface area contributed by atoms with E-state index in [2.05, 4.69) is 15.9 Å². The van der Waals surface area contributed by atoms with Gasteiger partial charge in [-0.05, 0) is 38.0 Å². The summed E-state index contributed by atoms with van der Waals surface area (Å²) in [5.41, 5.74) is 5.87. The molecular formula is C11H22BrN. The van der Waals surface area contributed by atoms with E-state index in [4.69, 9.17) is 5.73 Å². The summed E-state index contributed by atoms with van der Waals surface area (Å²) in [5, 5.41) is 1.17. The summed E-state index contributed by atoms with van der Waals surface area (Å²) in [5.74, 6) is 0.995. The van der Waals surface area contributed by atoms with E-state index < -0.39 is 0 Å². The standard InChI is InChI=1S/C11H22BrN/c12-9-3-1-2-4-10-5-7-11(13)8-6-10/h10-11H,1-9,13H2. The van der Waals surface area contributed by atoms with E-state index in [1.54, 1.807) is 0 Å². The Morgan fingerprint density at radius 3 is 2.31 bits per heavy atom. The van der Waals surface area contributed by atoms with Crippen molar-refractivity contribution in [2.45, 2.75) is 57.4 Å². The molecule has 1 saturated carbocycles. The Morgan fingerprint density at radius 1 is 1.00 bits per heavy atom. The zero-order valence-corrected chi connectivity index (χ0v) is 10.1. The molecule has 0 aromatic rings. The highest BCUT2D eigenvalue weighted by molar-refractivity contribution is 9.09. The van der Waals surface area contributed by atoms with E-state index in [-0.39, 0.29) is 0 Å². The van der Waals surface area contributed by atoms with E-state index in [1.807, 2.05) is 0 Å². The summed E-state index contributed by atoms with van der Waals surface area (Å²) in [6.45, 7) is 0. The lowest BCUT2D eigenvalue weighted by atomic mass is 9.83. The molecule has 0 aromatic carbocycles. The Kier molecular flexibility index (Phi) is 6.05. The zero-order chi connectivity index (χ0) is 9.52. The molecule has 0 spiro atoms. The van der Waals surface area contributed by atoms with Gasteiger partial charge in [0.05, 0.1) is 0 Å². The van der Waals surface area contributed by atoms with Gasteiger partial charge in [-0.3, -0.25) is 0 Å². The molecule has 1 rings (SSSR count). The number of nitrogens with two attached hydrogens (primary N) is 1. The maximum absolute atomic E-state index is 5.87. The lowest BCUT2D eigenvalue weighted by Gasteiger charge is -2.25. The number of rotatable bonds is 5. The Balaban J connectivity index is 1.96. The largest absolute Gasteiger partial charge is 0.328 e. The Hall–Kier alpha value is 0.440. The number of alkyl halides is 1. The van der Waals surface area contributed by atoms with Gasteiger partial charge in [0.25, 0.3) is 0 Å². The minimum atomic E-state index is 0.513. The fourth-order valence-electron chi connectivity index (χ4n) is 2.18. The molecule has 78 valence electrons. The number of halogens is 1. The maximum atomic E-state index is 5.87. The van der Waals surface area contributed by atoms with Crippen molar-refractivity contribution in [1.29, 1.82) is 0 Å². The summed E-state index contributed by atoms with van der Waals surface area (Å²) in [6.07, 6.45) is 10.9. The number of hydrogen-bond acceptors (Lipinski definition) is 1. The van der Waals surface area contributed by atoms with E-state index in [0.29, 0.717) is 6.04 Å². The first kappa shape index (κ1) is 11.5. The highest BCUT2D eigenvalue weighted by Gasteiger charge is 2.17. The van der Waals surface area contributed by atoms with Crippen LogP contribution in [0.1, 0.15) is 51.4 Å². The highest BCUT2D eigenvalue weighted by atomic mass is 79.9. The van der Waals surface area contributed by atoms with Crippen LogP contribution < -0.4 is 5.73 Å². The van der Waals surface area contributed by atoms with Crippen LogP contribution >= 0.6 is 15.9 Å². The van der Waals surface area contributed by atoms with Crippen LogP contribution in [0.5, 0.6) is 0 Å². The third-order valence-corrected chi connectivity index (χ3v) is 3.70. The quantitative estimate of drug-likeness (QED) is 0.585. The average Bonchev–Trinajstić information content (AvgIpc) is 2.15. The Morgan fingerprint density at radius 2 is 1.69 bits per heavy atom. The van der Waals surface area contributed by atoms with Crippen LogP contribution in [0.4, 0.5) is 0 Å². The maximum Gasteiger partial charge on any atom is 0.00390 e. The fourth-order valence-corrected chi connectivity index (χ4v) is 2.58. The lowest BCUT2D eigenvalue weighted by molar-refractivity contribution is 0.303. The molecule has 0 amide bonds. The van der Waals surface area contributed by atoms with Gasteiger partial charge in [-0.1, -0.05) is 35.2 Å². The molecule has 0 bridgehead atoms. The Bertz CT molecular complexity index is 119. The van der Waals surface area contributed by atoms with E-state index in [0.717, 1.165) is 5.92 Å². The normalized spacial score (nSPS) is 29.1. The van der Waals surface area contributed by atoms with Crippen LogP contribution in [0.15, 0.2) is 0 Å². The molecule has 1 aliphatic carbocycles. The monoisotopic (exact) mass is 247 g/mol. The third-order valence-electron chi connectivity index (χ3n) is 3.14. The number of hydrogen-bond donors (Lipinski definition) is 1. The number of unbranched alkanes of at least 4 members (excludes halogenated alkanes) is 2. The van der Waals surface area contributed by atoms with E-state index in [9.17, 15) is 0 Å². The average molecular weight is 248 g/mol. The van der Waals surface area contributed by atoms with Crippen molar-refractivity contribution in [1.82, 2.24) is 0 Å². The van der Waals surface area contributed by atoms with Crippen LogP contribution in [0.2, 0.25) is 0 Å². The molecule has 0 radical (unpaired) electrons. The fraction of sp³-hybridized carbons (Fsp3) is 1.00. The Labute approximate surface area is 90.6 Å². The van der Waals surface area contributed by atoms with Crippen LogP contribution in [0, 0.1) is 5.92 Å².